The fraction of sp³-hybridized carbons (Fsp3) is 0.238. The molecule has 1 aliphatic heterocycles. The molecule has 1 N–H and O–H groups in total. The molecular weight excluding hydrogens is 440 g/mol. The van der Waals surface area contributed by atoms with Crippen molar-refractivity contribution in [3.63, 3.8) is 0 Å². The van der Waals surface area contributed by atoms with E-state index in [1.165, 1.54) is 32.9 Å². The third-order valence-corrected chi connectivity index (χ3v) is 5.97. The predicted octanol–water partition coefficient (Wildman–Crippen LogP) is 3.03. The Kier molecular flexibility index (Phi) is 5.63. The van der Waals surface area contributed by atoms with Crippen LogP contribution < -0.4 is 24.6 Å². The lowest BCUT2D eigenvalue weighted by Crippen LogP contribution is -2.60. The second-order valence-corrected chi connectivity index (χ2v) is 7.97. The Bertz CT molecular complexity index is 1250. The average Bonchev–Trinajstić information content (AvgIpc) is 2.77. The first kappa shape index (κ1) is 21.2. The molecule has 0 fully saturated rings. The van der Waals surface area contributed by atoms with Crippen LogP contribution in [-0.4, -0.2) is 36.5 Å². The Morgan fingerprint density at radius 3 is 2.55 bits per heavy atom. The van der Waals surface area contributed by atoms with Gasteiger partial charge in [-0.15, -0.1) is 0 Å². The van der Waals surface area contributed by atoms with E-state index in [-0.39, 0.29) is 11.5 Å². The van der Waals surface area contributed by atoms with Crippen molar-refractivity contribution in [1.82, 2.24) is 10.1 Å². The minimum absolute atomic E-state index is 0.228. The summed E-state index contributed by atoms with van der Waals surface area (Å²) in [6, 6.07) is 10.5. The number of aromatic amines is 1. The SMILES string of the molecule is COc1cc(Cl)c([C@@H]2N(C(C)=O)c3ccccc3-c3c(=O)[nH]c(SC)n[n+]32)cc1OC. The van der Waals surface area contributed by atoms with Gasteiger partial charge in [-0.3, -0.25) is 14.6 Å². The zero-order valence-corrected chi connectivity index (χ0v) is 18.9. The Morgan fingerprint density at radius 2 is 1.90 bits per heavy atom. The number of anilines is 1. The van der Waals surface area contributed by atoms with Crippen LogP contribution in [0.3, 0.4) is 0 Å². The van der Waals surface area contributed by atoms with E-state index in [1.807, 2.05) is 18.4 Å². The van der Waals surface area contributed by atoms with Crippen LogP contribution >= 0.6 is 23.4 Å². The van der Waals surface area contributed by atoms with Crippen molar-refractivity contribution in [2.75, 3.05) is 25.4 Å². The molecule has 160 valence electrons. The standard InChI is InChI=1S/C21H19ClN4O4S/c1-11(27)25-15-8-6-5-7-12(15)18-19(28)23-21(31-4)24-26(18)20(25)13-9-16(29-2)17(30-3)10-14(13)22/h5-10,20H,1-4H3/p+1/t20-/m1/s1. The van der Waals surface area contributed by atoms with Gasteiger partial charge in [-0.05, 0) is 29.1 Å². The van der Waals surface area contributed by atoms with Crippen molar-refractivity contribution >= 4 is 35.0 Å². The number of nitrogens with zero attached hydrogens (tertiary/aromatic N) is 3. The summed E-state index contributed by atoms with van der Waals surface area (Å²) < 4.78 is 12.3. The molecule has 10 heteroatoms. The van der Waals surface area contributed by atoms with Gasteiger partial charge in [0, 0.05) is 18.1 Å². The first-order valence-corrected chi connectivity index (χ1v) is 10.9. The molecule has 3 aromatic rings. The van der Waals surface area contributed by atoms with Crippen molar-refractivity contribution in [3.05, 3.63) is 57.3 Å². The van der Waals surface area contributed by atoms with Gasteiger partial charge in [-0.25, -0.2) is 4.90 Å². The van der Waals surface area contributed by atoms with Crippen LogP contribution in [0.15, 0.2) is 46.3 Å². The molecule has 0 saturated heterocycles. The number of carbonyl (C=O) groups is 1. The number of fused-ring (bicyclic) bond motifs is 3. The van der Waals surface area contributed by atoms with Gasteiger partial charge >= 0.3 is 11.3 Å². The number of methoxy groups -OCH3 is 2. The van der Waals surface area contributed by atoms with Gasteiger partial charge in [0.1, 0.15) is 0 Å². The largest absolute Gasteiger partial charge is 0.493 e. The number of aromatic nitrogens is 3. The third kappa shape index (κ3) is 3.43. The van der Waals surface area contributed by atoms with Crippen molar-refractivity contribution in [3.8, 4) is 22.8 Å². The summed E-state index contributed by atoms with van der Waals surface area (Å²) in [7, 11) is 3.03. The van der Waals surface area contributed by atoms with Gasteiger partial charge in [-0.1, -0.05) is 35.5 Å². The highest BCUT2D eigenvalue weighted by Crippen LogP contribution is 2.42. The molecule has 1 aromatic heterocycles. The average molecular weight is 460 g/mol. The number of para-hydroxylation sites is 1. The van der Waals surface area contributed by atoms with Gasteiger partial charge < -0.3 is 9.47 Å². The van der Waals surface area contributed by atoms with Crippen LogP contribution in [0.4, 0.5) is 5.69 Å². The maximum Gasteiger partial charge on any atom is 0.325 e. The van der Waals surface area contributed by atoms with Crippen LogP contribution in [0.2, 0.25) is 5.02 Å². The summed E-state index contributed by atoms with van der Waals surface area (Å²) >= 11 is 7.93. The van der Waals surface area contributed by atoms with Crippen LogP contribution in [0.1, 0.15) is 18.7 Å². The Labute approximate surface area is 187 Å². The Balaban J connectivity index is 2.10. The molecule has 1 amide bonds. The van der Waals surface area contributed by atoms with Crippen molar-refractivity contribution in [2.45, 2.75) is 18.2 Å². The van der Waals surface area contributed by atoms with E-state index in [4.69, 9.17) is 21.1 Å². The summed E-state index contributed by atoms with van der Waals surface area (Å²) in [5.74, 6) is 0.673. The van der Waals surface area contributed by atoms with Gasteiger partial charge in [0.15, 0.2) is 11.5 Å². The molecule has 0 unspecified atom stereocenters. The van der Waals surface area contributed by atoms with Crippen LogP contribution in [-0.2, 0) is 4.79 Å². The van der Waals surface area contributed by atoms with Crippen LogP contribution in [0, 0.1) is 0 Å². The maximum atomic E-state index is 13.1. The highest BCUT2D eigenvalue weighted by atomic mass is 35.5. The topological polar surface area (TPSA) is 88.4 Å². The smallest absolute Gasteiger partial charge is 0.325 e. The summed E-state index contributed by atoms with van der Waals surface area (Å²) in [6.07, 6.45) is 1.01. The van der Waals surface area contributed by atoms with E-state index in [2.05, 4.69) is 10.1 Å². The molecule has 0 bridgehead atoms. The van der Waals surface area contributed by atoms with E-state index < -0.39 is 6.17 Å². The second-order valence-electron chi connectivity index (χ2n) is 6.77. The molecule has 0 saturated carbocycles. The first-order valence-electron chi connectivity index (χ1n) is 9.32. The fourth-order valence-corrected chi connectivity index (χ4v) is 4.37. The monoisotopic (exact) mass is 459 g/mol. The van der Waals surface area contributed by atoms with Gasteiger partial charge in [0.2, 0.25) is 11.1 Å². The number of ether oxygens (including phenoxy) is 2. The van der Waals surface area contributed by atoms with Gasteiger partial charge in [-0.2, -0.15) is 0 Å². The minimum atomic E-state index is -0.803. The Morgan fingerprint density at radius 1 is 1.23 bits per heavy atom. The highest BCUT2D eigenvalue weighted by Gasteiger charge is 2.46. The summed E-state index contributed by atoms with van der Waals surface area (Å²) in [5.41, 5.74) is 1.76. The normalized spacial score (nSPS) is 14.6. The molecule has 2 heterocycles. The summed E-state index contributed by atoms with van der Waals surface area (Å²) in [5, 5.41) is 5.38. The van der Waals surface area contributed by atoms with Gasteiger partial charge in [0.05, 0.1) is 36.1 Å². The number of thioether (sulfide) groups is 1. The van der Waals surface area contributed by atoms with E-state index in [0.717, 1.165) is 0 Å². The number of nitrogens with one attached hydrogen (secondary N) is 1. The van der Waals surface area contributed by atoms with Crippen molar-refractivity contribution < 1.29 is 19.0 Å². The van der Waals surface area contributed by atoms with Crippen LogP contribution in [0.5, 0.6) is 11.5 Å². The number of H-pyrrole nitrogens is 1. The summed E-state index contributed by atoms with van der Waals surface area (Å²) in [6.45, 7) is 1.46. The van der Waals surface area contributed by atoms with Gasteiger partial charge in [0.25, 0.3) is 6.17 Å². The zero-order chi connectivity index (χ0) is 22.3. The number of carbonyl (C=O) groups excluding carboxylic acids is 1. The quantitative estimate of drug-likeness (QED) is 0.476. The fourth-order valence-electron chi connectivity index (χ4n) is 3.75. The lowest BCUT2D eigenvalue weighted by atomic mass is 10.0. The highest BCUT2D eigenvalue weighted by molar-refractivity contribution is 7.98. The van der Waals surface area contributed by atoms with E-state index >= 15 is 0 Å². The second kappa shape index (κ2) is 8.24. The number of benzene rings is 2. The van der Waals surface area contributed by atoms with E-state index in [0.29, 0.717) is 44.2 Å². The molecule has 31 heavy (non-hydrogen) atoms. The molecule has 0 radical (unpaired) electrons. The van der Waals surface area contributed by atoms with E-state index in [1.54, 1.807) is 33.8 Å². The minimum Gasteiger partial charge on any atom is -0.493 e. The summed E-state index contributed by atoms with van der Waals surface area (Å²) in [4.78, 5) is 30.3. The number of hydrogen-bond donors (Lipinski definition) is 1. The number of amides is 1. The molecule has 4 rings (SSSR count). The maximum absolute atomic E-state index is 13.1. The Hall–Kier alpha value is -3.04. The number of halogens is 1. The van der Waals surface area contributed by atoms with Crippen molar-refractivity contribution in [1.29, 1.82) is 0 Å². The molecule has 1 atom stereocenters. The third-order valence-electron chi connectivity index (χ3n) is 5.07. The number of rotatable bonds is 4. The zero-order valence-electron chi connectivity index (χ0n) is 17.3. The lowest BCUT2D eigenvalue weighted by molar-refractivity contribution is -0.763. The molecule has 1 aliphatic rings. The van der Waals surface area contributed by atoms with E-state index in [9.17, 15) is 9.59 Å². The predicted molar refractivity (Wildman–Crippen MR) is 118 cm³/mol. The molecule has 0 spiro atoms. The van der Waals surface area contributed by atoms with Crippen molar-refractivity contribution in [2.24, 2.45) is 0 Å². The molecule has 8 nitrogen and oxygen atoms in total. The lowest BCUT2D eigenvalue weighted by Gasteiger charge is -2.31. The number of hydrogen-bond acceptors (Lipinski definition) is 6. The molecule has 0 aliphatic carbocycles. The molecule has 2 aromatic carbocycles. The van der Waals surface area contributed by atoms with Crippen LogP contribution in [0.25, 0.3) is 11.3 Å². The first-order chi connectivity index (χ1) is 14.9. The molecular formula is C21H20ClN4O4S+.